The molecule has 0 aliphatic carbocycles. The predicted molar refractivity (Wildman–Crippen MR) is 66.5 cm³/mol. The first-order chi connectivity index (χ1) is 7.75. The largest absolute Gasteiger partial charge is 0.321 e. The maximum atomic E-state index is 6.11. The van der Waals surface area contributed by atoms with Gasteiger partial charge in [0.05, 0.1) is 11.7 Å². The van der Waals surface area contributed by atoms with E-state index in [0.717, 1.165) is 23.1 Å². The van der Waals surface area contributed by atoms with E-state index in [9.17, 15) is 0 Å². The van der Waals surface area contributed by atoms with Gasteiger partial charge in [-0.25, -0.2) is 4.98 Å². The average molecular weight is 278 g/mol. The molecule has 0 amide bonds. The Morgan fingerprint density at radius 3 is 3.19 bits per heavy atom. The molecule has 0 spiro atoms. The summed E-state index contributed by atoms with van der Waals surface area (Å²) in [7, 11) is 0. The summed E-state index contributed by atoms with van der Waals surface area (Å²) in [5.41, 5.74) is 8.63. The molecule has 0 bridgehead atoms. The topological polar surface area (TPSA) is 43.8 Å². The smallest absolute Gasteiger partial charge is 0.130 e. The number of aryl methyl sites for hydroxylation is 1. The third kappa shape index (κ3) is 1.49. The van der Waals surface area contributed by atoms with Crippen molar-refractivity contribution in [2.45, 2.75) is 18.9 Å². The zero-order valence-electron chi connectivity index (χ0n) is 8.73. The maximum absolute atomic E-state index is 6.11. The second kappa shape index (κ2) is 3.71. The lowest BCUT2D eigenvalue weighted by atomic mass is 10.1. The Morgan fingerprint density at radius 2 is 2.31 bits per heavy atom. The molecular formula is C12H12BrN3. The van der Waals surface area contributed by atoms with Crippen LogP contribution in [0.2, 0.25) is 0 Å². The van der Waals surface area contributed by atoms with Crippen LogP contribution >= 0.6 is 15.9 Å². The molecule has 2 aromatic rings. The number of hydrogen-bond donors (Lipinski definition) is 1. The summed E-state index contributed by atoms with van der Waals surface area (Å²) in [4.78, 5) is 4.35. The van der Waals surface area contributed by atoms with Gasteiger partial charge in [-0.15, -0.1) is 0 Å². The van der Waals surface area contributed by atoms with Crippen LogP contribution in [0.25, 0.3) is 5.69 Å². The van der Waals surface area contributed by atoms with Crippen LogP contribution in [-0.4, -0.2) is 9.55 Å². The molecule has 1 aromatic heterocycles. The lowest BCUT2D eigenvalue weighted by Gasteiger charge is -2.10. The summed E-state index contributed by atoms with van der Waals surface area (Å²) in [6.45, 7) is 0. The number of nitrogens with two attached hydrogens (primary N) is 1. The van der Waals surface area contributed by atoms with Crippen molar-refractivity contribution in [3.05, 3.63) is 46.5 Å². The van der Waals surface area contributed by atoms with Crippen molar-refractivity contribution in [1.82, 2.24) is 9.55 Å². The second-order valence-corrected chi connectivity index (χ2v) is 4.99. The van der Waals surface area contributed by atoms with Crippen LogP contribution < -0.4 is 5.73 Å². The van der Waals surface area contributed by atoms with Crippen molar-refractivity contribution in [2.75, 3.05) is 0 Å². The van der Waals surface area contributed by atoms with Crippen LogP contribution in [0.4, 0.5) is 0 Å². The van der Waals surface area contributed by atoms with Gasteiger partial charge in [0.25, 0.3) is 0 Å². The van der Waals surface area contributed by atoms with E-state index in [1.54, 1.807) is 0 Å². The lowest BCUT2D eigenvalue weighted by molar-refractivity contribution is 0.621. The number of aromatic nitrogens is 2. The van der Waals surface area contributed by atoms with E-state index in [2.05, 4.69) is 43.7 Å². The third-order valence-corrected chi connectivity index (χ3v) is 3.52. The van der Waals surface area contributed by atoms with Gasteiger partial charge in [0.2, 0.25) is 0 Å². The molecule has 1 aromatic carbocycles. The van der Waals surface area contributed by atoms with E-state index in [0.29, 0.717) is 0 Å². The molecule has 1 aliphatic rings. The van der Waals surface area contributed by atoms with Crippen LogP contribution in [0, 0.1) is 0 Å². The van der Waals surface area contributed by atoms with E-state index < -0.39 is 0 Å². The molecule has 0 fully saturated rings. The number of benzene rings is 1. The van der Waals surface area contributed by atoms with Gasteiger partial charge >= 0.3 is 0 Å². The highest BCUT2D eigenvalue weighted by molar-refractivity contribution is 9.10. The summed E-state index contributed by atoms with van der Waals surface area (Å²) >= 11 is 3.51. The number of halogens is 1. The number of imidazole rings is 1. The predicted octanol–water partition coefficient (Wildman–Crippen LogP) is 2.58. The molecule has 4 heteroatoms. The fraction of sp³-hybridized carbons (Fsp3) is 0.250. The van der Waals surface area contributed by atoms with Crippen molar-refractivity contribution in [2.24, 2.45) is 5.73 Å². The molecule has 3 nitrogen and oxygen atoms in total. The standard InChI is InChI=1S/C12H12BrN3/c13-9-2-4-11-8(7-9)1-3-10(14)12-15-5-6-16(11)12/h2,4-7,10H,1,3,14H2. The van der Waals surface area contributed by atoms with Gasteiger partial charge in [0.15, 0.2) is 0 Å². The second-order valence-electron chi connectivity index (χ2n) is 4.07. The number of hydrogen-bond acceptors (Lipinski definition) is 2. The minimum Gasteiger partial charge on any atom is -0.321 e. The Kier molecular flexibility index (Phi) is 2.33. The zero-order valence-corrected chi connectivity index (χ0v) is 10.3. The van der Waals surface area contributed by atoms with E-state index >= 15 is 0 Å². The van der Waals surface area contributed by atoms with Crippen LogP contribution in [0.3, 0.4) is 0 Å². The number of fused-ring (bicyclic) bond motifs is 3. The minimum absolute atomic E-state index is 0.0289. The van der Waals surface area contributed by atoms with E-state index in [-0.39, 0.29) is 6.04 Å². The molecular weight excluding hydrogens is 266 g/mol. The Labute approximate surface area is 102 Å². The molecule has 1 unspecified atom stereocenters. The SMILES string of the molecule is NC1CCc2cc(Br)ccc2-n2ccnc21. The summed E-state index contributed by atoms with van der Waals surface area (Å²) in [6.07, 6.45) is 5.74. The maximum Gasteiger partial charge on any atom is 0.130 e. The molecule has 2 N–H and O–H groups in total. The Morgan fingerprint density at radius 1 is 1.44 bits per heavy atom. The normalized spacial score (nSPS) is 18.8. The molecule has 0 radical (unpaired) electrons. The van der Waals surface area contributed by atoms with Crippen molar-refractivity contribution in [1.29, 1.82) is 0 Å². The number of nitrogens with zero attached hydrogens (tertiary/aromatic N) is 2. The summed E-state index contributed by atoms with van der Waals surface area (Å²) in [5, 5.41) is 0. The first-order valence-corrected chi connectivity index (χ1v) is 6.12. The quantitative estimate of drug-likeness (QED) is 0.805. The van der Waals surface area contributed by atoms with Crippen LogP contribution in [0.1, 0.15) is 23.9 Å². The van der Waals surface area contributed by atoms with Gasteiger partial charge in [0, 0.05) is 16.9 Å². The average Bonchev–Trinajstić information content (AvgIpc) is 2.70. The van der Waals surface area contributed by atoms with Crippen molar-refractivity contribution >= 4 is 15.9 Å². The monoisotopic (exact) mass is 277 g/mol. The fourth-order valence-electron chi connectivity index (χ4n) is 2.22. The Balaban J connectivity index is 2.24. The van der Waals surface area contributed by atoms with Gasteiger partial charge < -0.3 is 10.3 Å². The highest BCUT2D eigenvalue weighted by atomic mass is 79.9. The molecule has 1 aliphatic heterocycles. The van der Waals surface area contributed by atoms with E-state index in [1.807, 2.05) is 12.4 Å². The van der Waals surface area contributed by atoms with Crippen LogP contribution in [-0.2, 0) is 6.42 Å². The molecule has 0 saturated carbocycles. The molecule has 82 valence electrons. The van der Waals surface area contributed by atoms with Crippen molar-refractivity contribution < 1.29 is 0 Å². The molecule has 3 rings (SSSR count). The van der Waals surface area contributed by atoms with E-state index in [1.165, 1.54) is 11.3 Å². The van der Waals surface area contributed by atoms with Crippen molar-refractivity contribution in [3.63, 3.8) is 0 Å². The summed E-state index contributed by atoms with van der Waals surface area (Å²) in [6, 6.07) is 6.36. The van der Waals surface area contributed by atoms with E-state index in [4.69, 9.17) is 5.73 Å². The lowest BCUT2D eigenvalue weighted by Crippen LogP contribution is -2.13. The van der Waals surface area contributed by atoms with Crippen LogP contribution in [0.5, 0.6) is 0 Å². The summed E-state index contributed by atoms with van der Waals surface area (Å²) in [5.74, 6) is 0.959. The first-order valence-electron chi connectivity index (χ1n) is 5.33. The zero-order chi connectivity index (χ0) is 11.1. The molecule has 2 heterocycles. The molecule has 0 saturated heterocycles. The molecule has 1 atom stereocenters. The fourth-order valence-corrected chi connectivity index (χ4v) is 2.63. The number of rotatable bonds is 0. The third-order valence-electron chi connectivity index (χ3n) is 3.03. The highest BCUT2D eigenvalue weighted by Crippen LogP contribution is 2.29. The van der Waals surface area contributed by atoms with Gasteiger partial charge in [-0.1, -0.05) is 15.9 Å². The molecule has 16 heavy (non-hydrogen) atoms. The summed E-state index contributed by atoms with van der Waals surface area (Å²) < 4.78 is 3.21. The van der Waals surface area contributed by atoms with Crippen molar-refractivity contribution in [3.8, 4) is 5.69 Å². The van der Waals surface area contributed by atoms with Gasteiger partial charge in [0.1, 0.15) is 5.82 Å². The van der Waals surface area contributed by atoms with Crippen LogP contribution in [0.15, 0.2) is 35.1 Å². The van der Waals surface area contributed by atoms with Gasteiger partial charge in [-0.2, -0.15) is 0 Å². The van der Waals surface area contributed by atoms with Gasteiger partial charge in [-0.3, -0.25) is 0 Å². The minimum atomic E-state index is 0.0289. The van der Waals surface area contributed by atoms with Gasteiger partial charge in [-0.05, 0) is 36.6 Å². The highest BCUT2D eigenvalue weighted by Gasteiger charge is 2.20. The Hall–Kier alpha value is -1.13. The Bertz CT molecular complexity index is 533. The first kappa shape index (κ1) is 10.1.